The molecule has 2 aromatic carbocycles. The zero-order chi connectivity index (χ0) is 21.9. The first-order valence-corrected chi connectivity index (χ1v) is 9.02. The third-order valence-corrected chi connectivity index (χ3v) is 4.73. The van der Waals surface area contributed by atoms with Gasteiger partial charge in [-0.1, -0.05) is 12.1 Å². The van der Waals surface area contributed by atoms with Crippen molar-refractivity contribution >= 4 is 23.0 Å². The van der Waals surface area contributed by atoms with Gasteiger partial charge in [-0.25, -0.2) is 4.39 Å². The lowest BCUT2D eigenvalue weighted by Crippen LogP contribution is -2.48. The Kier molecular flexibility index (Phi) is 6.20. The van der Waals surface area contributed by atoms with Crippen LogP contribution in [0, 0.1) is 15.9 Å². The third-order valence-electron chi connectivity index (χ3n) is 4.73. The molecule has 11 heteroatoms. The van der Waals surface area contributed by atoms with Gasteiger partial charge in [0.25, 0.3) is 5.69 Å². The molecule has 0 radical (unpaired) electrons. The fraction of sp³-hybridized carbons (Fsp3) is 0.316. The minimum Gasteiger partial charge on any atom is -0.369 e. The fourth-order valence-electron chi connectivity index (χ4n) is 3.23. The molecule has 1 amide bonds. The van der Waals surface area contributed by atoms with E-state index in [4.69, 9.17) is 0 Å². The number of halogens is 4. The summed E-state index contributed by atoms with van der Waals surface area (Å²) in [6.45, 7) is 1.46. The summed E-state index contributed by atoms with van der Waals surface area (Å²) in [5.41, 5.74) is -1.98. The Labute approximate surface area is 169 Å². The maximum atomic E-state index is 13.6. The van der Waals surface area contributed by atoms with Gasteiger partial charge in [0, 0.05) is 37.9 Å². The van der Waals surface area contributed by atoms with Gasteiger partial charge in [0.15, 0.2) is 0 Å². The smallest absolute Gasteiger partial charge is 0.369 e. The average Bonchev–Trinajstić information content (AvgIpc) is 2.69. The number of alkyl halides is 3. The highest BCUT2D eigenvalue weighted by molar-refractivity contribution is 5.92. The van der Waals surface area contributed by atoms with Crippen LogP contribution in [0.1, 0.15) is 5.56 Å². The molecule has 1 N–H and O–H groups in total. The van der Waals surface area contributed by atoms with Crippen LogP contribution in [0.4, 0.5) is 34.6 Å². The number of hydrogen-bond acceptors (Lipinski definition) is 5. The second-order valence-corrected chi connectivity index (χ2v) is 6.75. The molecule has 1 aliphatic heterocycles. The lowest BCUT2D eigenvalue weighted by molar-refractivity contribution is -0.388. The topological polar surface area (TPSA) is 78.7 Å². The summed E-state index contributed by atoms with van der Waals surface area (Å²) < 4.78 is 53.1. The van der Waals surface area contributed by atoms with Gasteiger partial charge in [-0.05, 0) is 24.3 Å². The number of rotatable bonds is 5. The summed E-state index contributed by atoms with van der Waals surface area (Å²) in [4.78, 5) is 25.4. The van der Waals surface area contributed by atoms with E-state index in [1.54, 1.807) is 15.9 Å². The number of benzene rings is 2. The van der Waals surface area contributed by atoms with Gasteiger partial charge < -0.3 is 10.2 Å². The van der Waals surface area contributed by atoms with Gasteiger partial charge in [-0.15, -0.1) is 0 Å². The molecule has 0 unspecified atom stereocenters. The van der Waals surface area contributed by atoms with E-state index < -0.39 is 34.1 Å². The van der Waals surface area contributed by atoms with Crippen LogP contribution < -0.4 is 10.2 Å². The van der Waals surface area contributed by atoms with Crippen LogP contribution in [-0.2, 0) is 11.0 Å². The first kappa shape index (κ1) is 21.5. The van der Waals surface area contributed by atoms with Crippen molar-refractivity contribution in [2.24, 2.45) is 0 Å². The van der Waals surface area contributed by atoms with Crippen molar-refractivity contribution in [3.05, 3.63) is 64.0 Å². The molecule has 0 spiro atoms. The Morgan fingerprint density at radius 3 is 2.37 bits per heavy atom. The van der Waals surface area contributed by atoms with Crippen molar-refractivity contribution in [1.29, 1.82) is 0 Å². The van der Waals surface area contributed by atoms with Gasteiger partial charge in [0.2, 0.25) is 5.91 Å². The molecule has 1 heterocycles. The molecule has 2 aromatic rings. The normalized spacial score (nSPS) is 15.1. The molecular formula is C19H18F4N4O3. The van der Waals surface area contributed by atoms with Crippen LogP contribution >= 0.6 is 0 Å². The van der Waals surface area contributed by atoms with Gasteiger partial charge >= 0.3 is 6.18 Å². The summed E-state index contributed by atoms with van der Waals surface area (Å²) in [5.74, 6) is -0.947. The molecule has 30 heavy (non-hydrogen) atoms. The summed E-state index contributed by atoms with van der Waals surface area (Å²) >= 11 is 0. The van der Waals surface area contributed by atoms with Crippen LogP contribution in [0.3, 0.4) is 0 Å². The molecule has 3 rings (SSSR count). The third kappa shape index (κ3) is 5.03. The summed E-state index contributed by atoms with van der Waals surface area (Å²) in [6.07, 6.45) is -4.84. The molecule has 1 fully saturated rings. The van der Waals surface area contributed by atoms with Crippen LogP contribution in [0.25, 0.3) is 0 Å². The molecule has 0 aliphatic carbocycles. The van der Waals surface area contributed by atoms with Crippen LogP contribution in [0.15, 0.2) is 42.5 Å². The van der Waals surface area contributed by atoms with Crippen molar-refractivity contribution in [2.75, 3.05) is 42.9 Å². The maximum absolute atomic E-state index is 13.6. The van der Waals surface area contributed by atoms with Crippen molar-refractivity contribution < 1.29 is 27.3 Å². The van der Waals surface area contributed by atoms with Crippen LogP contribution in [0.2, 0.25) is 0 Å². The molecule has 1 aliphatic rings. The van der Waals surface area contributed by atoms with E-state index in [-0.39, 0.29) is 17.9 Å². The summed E-state index contributed by atoms with van der Waals surface area (Å²) in [7, 11) is 0. The minimum absolute atomic E-state index is 0.0102. The Balaban J connectivity index is 1.61. The summed E-state index contributed by atoms with van der Waals surface area (Å²) in [6, 6.07) is 8.69. The van der Waals surface area contributed by atoms with Gasteiger partial charge in [0.1, 0.15) is 11.4 Å². The van der Waals surface area contributed by atoms with E-state index in [0.29, 0.717) is 26.2 Å². The lowest BCUT2D eigenvalue weighted by atomic mass is 10.1. The monoisotopic (exact) mass is 426 g/mol. The van der Waals surface area contributed by atoms with E-state index in [0.717, 1.165) is 12.1 Å². The van der Waals surface area contributed by atoms with E-state index in [1.165, 1.54) is 24.3 Å². The number of nitro groups is 1. The number of carbonyl (C=O) groups excluding carboxylic acids is 1. The number of nitro benzene ring substituents is 1. The number of anilines is 2. The zero-order valence-electron chi connectivity index (χ0n) is 15.7. The molecule has 1 saturated heterocycles. The molecule has 0 saturated carbocycles. The highest BCUT2D eigenvalue weighted by atomic mass is 19.4. The molecule has 0 atom stereocenters. The van der Waals surface area contributed by atoms with Crippen molar-refractivity contribution in [2.45, 2.75) is 6.18 Å². The Hall–Kier alpha value is -3.21. The Morgan fingerprint density at radius 1 is 1.10 bits per heavy atom. The highest BCUT2D eigenvalue weighted by Crippen LogP contribution is 2.38. The quantitative estimate of drug-likeness (QED) is 0.450. The van der Waals surface area contributed by atoms with E-state index >= 15 is 0 Å². The van der Waals surface area contributed by atoms with Crippen molar-refractivity contribution in [3.63, 3.8) is 0 Å². The van der Waals surface area contributed by atoms with Crippen molar-refractivity contribution in [3.8, 4) is 0 Å². The number of amides is 1. The molecule has 7 nitrogen and oxygen atoms in total. The largest absolute Gasteiger partial charge is 0.423 e. The van der Waals surface area contributed by atoms with Crippen LogP contribution in [0.5, 0.6) is 0 Å². The van der Waals surface area contributed by atoms with Gasteiger partial charge in [0.05, 0.1) is 17.2 Å². The number of hydrogen-bond donors (Lipinski definition) is 1. The standard InChI is InChI=1S/C19H18F4N4O3/c20-15-3-1-2-4-16(15)24-18(28)12-25-7-9-26(10-8-25)13-5-6-17(27(29)30)14(11-13)19(21,22)23/h1-6,11H,7-10,12H2,(H,24,28). The SMILES string of the molecule is O=C(CN1CCN(c2ccc([N+](=O)[O-])c(C(F)(F)F)c2)CC1)Nc1ccccc1F. The molecular weight excluding hydrogens is 408 g/mol. The molecule has 0 bridgehead atoms. The van der Waals surface area contributed by atoms with Crippen LogP contribution in [-0.4, -0.2) is 48.5 Å². The first-order valence-electron chi connectivity index (χ1n) is 9.02. The van der Waals surface area contributed by atoms with Crippen molar-refractivity contribution in [1.82, 2.24) is 4.90 Å². The van der Waals surface area contributed by atoms with E-state index in [2.05, 4.69) is 5.32 Å². The second-order valence-electron chi connectivity index (χ2n) is 6.75. The predicted molar refractivity (Wildman–Crippen MR) is 102 cm³/mol. The first-order chi connectivity index (χ1) is 14.1. The van der Waals surface area contributed by atoms with Gasteiger partial charge in [-0.2, -0.15) is 13.2 Å². The predicted octanol–water partition coefficient (Wildman–Crippen LogP) is 3.51. The van der Waals surface area contributed by atoms with Gasteiger partial charge in [-0.3, -0.25) is 19.8 Å². The average molecular weight is 426 g/mol. The zero-order valence-corrected chi connectivity index (χ0v) is 15.7. The summed E-state index contributed by atoms with van der Waals surface area (Å²) in [5, 5.41) is 13.4. The lowest BCUT2D eigenvalue weighted by Gasteiger charge is -2.35. The van der Waals surface area contributed by atoms with E-state index in [9.17, 15) is 32.5 Å². The minimum atomic E-state index is -4.84. The number of para-hydroxylation sites is 1. The molecule has 0 aromatic heterocycles. The Bertz CT molecular complexity index is 944. The fourth-order valence-corrected chi connectivity index (χ4v) is 3.23. The number of nitrogens with one attached hydrogen (secondary N) is 1. The number of nitrogens with zero attached hydrogens (tertiary/aromatic N) is 3. The highest BCUT2D eigenvalue weighted by Gasteiger charge is 2.39. The molecule has 160 valence electrons. The number of carbonyl (C=O) groups is 1. The van der Waals surface area contributed by atoms with E-state index in [1.807, 2.05) is 0 Å². The number of piperazine rings is 1. The maximum Gasteiger partial charge on any atom is 0.423 e. The Morgan fingerprint density at radius 2 is 1.77 bits per heavy atom. The second kappa shape index (κ2) is 8.66.